The van der Waals surface area contributed by atoms with Gasteiger partial charge in [0, 0.05) is 88.0 Å². The van der Waals surface area contributed by atoms with Crippen LogP contribution >= 0.6 is 0 Å². The summed E-state index contributed by atoms with van der Waals surface area (Å²) in [5, 5.41) is 27.5. The molecule has 2 fully saturated rings. The molecule has 0 radical (unpaired) electrons. The van der Waals surface area contributed by atoms with Crippen molar-refractivity contribution >= 4 is 22.7 Å². The Morgan fingerprint density at radius 1 is 0.600 bits per heavy atom. The molecule has 2 heterocycles. The number of hydrogen-bond donors (Lipinski definition) is 2. The Bertz CT molecular complexity index is 760. The number of rotatable bonds is 4. The number of hydrogen-bond acceptors (Lipinski definition) is 8. The first-order valence-electron chi connectivity index (χ1n) is 9.95. The first-order chi connectivity index (χ1) is 14.5. The lowest BCUT2D eigenvalue weighted by molar-refractivity contribution is -0.385. The Labute approximate surface area is 174 Å². The zero-order chi connectivity index (χ0) is 21.3. The molecule has 0 unspecified atom stereocenters. The van der Waals surface area contributed by atoms with Gasteiger partial charge in [-0.15, -0.1) is 0 Å². The molecule has 160 valence electrons. The van der Waals surface area contributed by atoms with Gasteiger partial charge in [0.05, 0.1) is 9.85 Å². The highest BCUT2D eigenvalue weighted by molar-refractivity contribution is 5.52. The molecule has 0 spiro atoms. The molecule has 4 rings (SSSR count). The van der Waals surface area contributed by atoms with E-state index in [0.717, 1.165) is 63.7 Å². The highest BCUT2D eigenvalue weighted by Crippen LogP contribution is 2.20. The molecular weight excluding hydrogens is 388 g/mol. The summed E-state index contributed by atoms with van der Waals surface area (Å²) in [7, 11) is 0. The molecule has 0 amide bonds. The molecule has 2 aliphatic heterocycles. The number of anilines is 2. The van der Waals surface area contributed by atoms with Crippen LogP contribution in [0, 0.1) is 20.2 Å². The van der Waals surface area contributed by atoms with E-state index in [1.807, 2.05) is 24.3 Å². The number of nitrogens with zero attached hydrogens (tertiary/aromatic N) is 4. The third-order valence-electron chi connectivity index (χ3n) is 5.09. The zero-order valence-corrected chi connectivity index (χ0v) is 16.7. The average molecular weight is 414 g/mol. The molecule has 0 aliphatic carbocycles. The minimum atomic E-state index is -0.373. The van der Waals surface area contributed by atoms with Gasteiger partial charge < -0.3 is 20.4 Å². The Morgan fingerprint density at radius 2 is 0.900 bits per heavy atom. The summed E-state index contributed by atoms with van der Waals surface area (Å²) in [6.45, 7) is 7.70. The first-order valence-corrected chi connectivity index (χ1v) is 9.95. The molecule has 2 N–H and O–H groups in total. The summed E-state index contributed by atoms with van der Waals surface area (Å²) in [6, 6.07) is 13.4. The monoisotopic (exact) mass is 414 g/mol. The van der Waals surface area contributed by atoms with Gasteiger partial charge in [0.1, 0.15) is 0 Å². The van der Waals surface area contributed by atoms with Crippen LogP contribution in [-0.4, -0.2) is 62.2 Å². The third-order valence-corrected chi connectivity index (χ3v) is 5.09. The Hall–Kier alpha value is -3.24. The van der Waals surface area contributed by atoms with Crippen LogP contribution in [0.4, 0.5) is 22.7 Å². The largest absolute Gasteiger partial charge is 0.369 e. The summed E-state index contributed by atoms with van der Waals surface area (Å²) in [5.74, 6) is 0. The summed E-state index contributed by atoms with van der Waals surface area (Å²) in [5.41, 5.74) is 2.41. The summed E-state index contributed by atoms with van der Waals surface area (Å²) < 4.78 is 0. The molecule has 0 saturated carbocycles. The van der Waals surface area contributed by atoms with E-state index in [2.05, 4.69) is 20.4 Å². The minimum Gasteiger partial charge on any atom is -0.369 e. The molecule has 2 aliphatic rings. The van der Waals surface area contributed by atoms with Crippen LogP contribution in [0.1, 0.15) is 0 Å². The van der Waals surface area contributed by atoms with E-state index in [1.165, 1.54) is 0 Å². The maximum absolute atomic E-state index is 10.5. The fraction of sp³-hybridized carbons (Fsp3) is 0.400. The number of nitro benzene ring substituents is 2. The average Bonchev–Trinajstić information content (AvgIpc) is 2.81. The molecule has 10 nitrogen and oxygen atoms in total. The third kappa shape index (κ3) is 5.88. The van der Waals surface area contributed by atoms with Crippen LogP contribution < -0.4 is 20.4 Å². The maximum atomic E-state index is 10.5. The van der Waals surface area contributed by atoms with E-state index in [4.69, 9.17) is 0 Å². The number of non-ortho nitro benzene ring substituents is 2. The van der Waals surface area contributed by atoms with Crippen molar-refractivity contribution in [3.63, 3.8) is 0 Å². The van der Waals surface area contributed by atoms with E-state index in [1.54, 1.807) is 24.3 Å². The van der Waals surface area contributed by atoms with Crippen LogP contribution in [0.5, 0.6) is 0 Å². The standard InChI is InChI=1S/2C10H13N3O2/c2*14-13(15)10-3-1-9(2-4-10)12-7-5-11-6-8-12/h2*1-4,11H,5-8H2. The van der Waals surface area contributed by atoms with Gasteiger partial charge in [0.15, 0.2) is 0 Å². The molecule has 10 heteroatoms. The highest BCUT2D eigenvalue weighted by Gasteiger charge is 2.12. The molecule has 2 aromatic rings. The lowest BCUT2D eigenvalue weighted by Gasteiger charge is -2.29. The van der Waals surface area contributed by atoms with Crippen LogP contribution in [0.2, 0.25) is 0 Å². The van der Waals surface area contributed by atoms with Crippen molar-refractivity contribution in [1.29, 1.82) is 0 Å². The second-order valence-corrected chi connectivity index (χ2v) is 7.02. The van der Waals surface area contributed by atoms with Crippen molar-refractivity contribution in [2.45, 2.75) is 0 Å². The van der Waals surface area contributed by atoms with Crippen molar-refractivity contribution in [3.05, 3.63) is 68.8 Å². The number of benzene rings is 2. The quantitative estimate of drug-likeness (QED) is 0.576. The Balaban J connectivity index is 0.000000171. The van der Waals surface area contributed by atoms with Gasteiger partial charge in [-0.05, 0) is 24.3 Å². The second-order valence-electron chi connectivity index (χ2n) is 7.02. The summed E-state index contributed by atoms with van der Waals surface area (Å²) in [6.07, 6.45) is 0. The lowest BCUT2D eigenvalue weighted by Crippen LogP contribution is -2.43. The zero-order valence-electron chi connectivity index (χ0n) is 16.7. The second kappa shape index (κ2) is 10.5. The molecule has 0 bridgehead atoms. The van der Waals surface area contributed by atoms with Crippen LogP contribution in [-0.2, 0) is 0 Å². The fourth-order valence-electron chi connectivity index (χ4n) is 3.42. The molecule has 0 aromatic heterocycles. The van der Waals surface area contributed by atoms with Crippen LogP contribution in [0.25, 0.3) is 0 Å². The predicted molar refractivity (Wildman–Crippen MR) is 116 cm³/mol. The molecule has 2 aromatic carbocycles. The van der Waals surface area contributed by atoms with Gasteiger partial charge in [-0.25, -0.2) is 0 Å². The highest BCUT2D eigenvalue weighted by atomic mass is 16.6. The van der Waals surface area contributed by atoms with Gasteiger partial charge in [-0.3, -0.25) is 20.2 Å². The van der Waals surface area contributed by atoms with Gasteiger partial charge in [-0.2, -0.15) is 0 Å². The van der Waals surface area contributed by atoms with Crippen molar-refractivity contribution < 1.29 is 9.85 Å². The molecule has 2 saturated heterocycles. The van der Waals surface area contributed by atoms with Crippen LogP contribution in [0.3, 0.4) is 0 Å². The minimum absolute atomic E-state index is 0.147. The van der Waals surface area contributed by atoms with Gasteiger partial charge >= 0.3 is 0 Å². The van der Waals surface area contributed by atoms with E-state index >= 15 is 0 Å². The Morgan fingerprint density at radius 3 is 1.17 bits per heavy atom. The maximum Gasteiger partial charge on any atom is 0.269 e. The van der Waals surface area contributed by atoms with E-state index < -0.39 is 0 Å². The van der Waals surface area contributed by atoms with Gasteiger partial charge in [0.25, 0.3) is 11.4 Å². The molecular formula is C20H26N6O4. The van der Waals surface area contributed by atoms with E-state index in [9.17, 15) is 20.2 Å². The fourth-order valence-corrected chi connectivity index (χ4v) is 3.42. The predicted octanol–water partition coefficient (Wildman–Crippen LogP) is 2.01. The van der Waals surface area contributed by atoms with Crippen LogP contribution in [0.15, 0.2) is 48.5 Å². The number of piperazine rings is 2. The SMILES string of the molecule is O=[N+]([O-])c1ccc(N2CCNCC2)cc1.O=[N+]([O-])c1ccc(N2CCNCC2)cc1. The summed E-state index contributed by atoms with van der Waals surface area (Å²) in [4.78, 5) is 24.6. The number of nitrogens with one attached hydrogen (secondary N) is 2. The van der Waals surface area contributed by atoms with Gasteiger partial charge in [-0.1, -0.05) is 0 Å². The molecule has 0 atom stereocenters. The lowest BCUT2D eigenvalue weighted by atomic mass is 10.2. The normalized spacial score (nSPS) is 16.4. The Kier molecular flexibility index (Phi) is 7.52. The van der Waals surface area contributed by atoms with E-state index in [-0.39, 0.29) is 21.2 Å². The van der Waals surface area contributed by atoms with E-state index in [0.29, 0.717) is 0 Å². The van der Waals surface area contributed by atoms with Crippen molar-refractivity contribution in [3.8, 4) is 0 Å². The first kappa shape index (κ1) is 21.5. The smallest absolute Gasteiger partial charge is 0.269 e. The molecule has 30 heavy (non-hydrogen) atoms. The van der Waals surface area contributed by atoms with Gasteiger partial charge in [0.2, 0.25) is 0 Å². The number of nitro groups is 2. The van der Waals surface area contributed by atoms with Crippen molar-refractivity contribution in [2.75, 3.05) is 62.2 Å². The summed E-state index contributed by atoms with van der Waals surface area (Å²) >= 11 is 0. The topological polar surface area (TPSA) is 117 Å². The van der Waals surface area contributed by atoms with Crippen molar-refractivity contribution in [1.82, 2.24) is 10.6 Å². The van der Waals surface area contributed by atoms with Crippen molar-refractivity contribution in [2.24, 2.45) is 0 Å².